The second-order valence-corrected chi connectivity index (χ2v) is 7.91. The fourth-order valence-electron chi connectivity index (χ4n) is 3.87. The van der Waals surface area contributed by atoms with Gasteiger partial charge < -0.3 is 9.84 Å². The van der Waals surface area contributed by atoms with Gasteiger partial charge in [0.25, 0.3) is 5.91 Å². The number of benzene rings is 5. The maximum Gasteiger partial charge on any atom is 0.275 e. The van der Waals surface area contributed by atoms with Crippen LogP contribution < -0.4 is 10.2 Å². The molecule has 5 aromatic rings. The van der Waals surface area contributed by atoms with E-state index in [9.17, 15) is 9.90 Å². The second kappa shape index (κ2) is 9.46. The molecule has 0 aliphatic heterocycles. The minimum Gasteiger partial charge on any atom is -0.507 e. The summed E-state index contributed by atoms with van der Waals surface area (Å²) in [4.78, 5) is 12.5. The van der Waals surface area contributed by atoms with Crippen molar-refractivity contribution >= 4 is 33.7 Å². The number of phenolic OH excluding ortho intramolecular Hbond substituents is 1. The highest BCUT2D eigenvalue weighted by Crippen LogP contribution is 2.25. The van der Waals surface area contributed by atoms with Crippen LogP contribution in [0, 0.1) is 0 Å². The van der Waals surface area contributed by atoms with E-state index in [1.807, 2.05) is 66.7 Å². The predicted molar refractivity (Wildman–Crippen MR) is 135 cm³/mol. The average molecular weight is 447 g/mol. The highest BCUT2D eigenvalue weighted by atomic mass is 16.5. The van der Waals surface area contributed by atoms with Crippen LogP contribution in [0.3, 0.4) is 0 Å². The van der Waals surface area contributed by atoms with Crippen LogP contribution in [-0.2, 0) is 6.61 Å². The molecule has 0 aliphatic rings. The number of aromatic hydroxyl groups is 1. The number of hydrazone groups is 1. The van der Waals surface area contributed by atoms with Crippen molar-refractivity contribution < 1.29 is 14.6 Å². The van der Waals surface area contributed by atoms with Gasteiger partial charge in [0.05, 0.1) is 11.8 Å². The number of nitrogens with one attached hydrogen (secondary N) is 1. The molecule has 0 aliphatic carbocycles. The number of nitrogens with zero attached hydrogens (tertiary/aromatic N) is 1. The number of carbonyl (C=O) groups excluding carboxylic acids is 1. The first-order valence-electron chi connectivity index (χ1n) is 10.9. The van der Waals surface area contributed by atoms with Crippen molar-refractivity contribution in [3.63, 3.8) is 0 Å². The number of hydrogen-bond acceptors (Lipinski definition) is 4. The molecular formula is C29H22N2O3. The smallest absolute Gasteiger partial charge is 0.275 e. The molecule has 5 nitrogen and oxygen atoms in total. The molecule has 0 fully saturated rings. The van der Waals surface area contributed by atoms with Gasteiger partial charge in [-0.05, 0) is 69.1 Å². The normalized spacial score (nSPS) is 11.2. The quantitative estimate of drug-likeness (QED) is 0.247. The minimum absolute atomic E-state index is 0.0842. The molecule has 0 aromatic heterocycles. The molecule has 166 valence electrons. The van der Waals surface area contributed by atoms with Gasteiger partial charge in [-0.25, -0.2) is 5.43 Å². The number of hydrogen-bond donors (Lipinski definition) is 2. The van der Waals surface area contributed by atoms with E-state index < -0.39 is 5.91 Å². The summed E-state index contributed by atoms with van der Waals surface area (Å²) in [6, 6.07) is 32.6. The molecule has 0 saturated heterocycles. The highest BCUT2D eigenvalue weighted by Gasteiger charge is 2.11. The maximum atomic E-state index is 12.5. The summed E-state index contributed by atoms with van der Waals surface area (Å²) in [7, 11) is 0. The van der Waals surface area contributed by atoms with E-state index in [2.05, 4.69) is 34.8 Å². The molecule has 2 N–H and O–H groups in total. The van der Waals surface area contributed by atoms with Gasteiger partial charge in [0.1, 0.15) is 18.1 Å². The van der Waals surface area contributed by atoms with E-state index in [-0.39, 0.29) is 11.3 Å². The topological polar surface area (TPSA) is 70.9 Å². The van der Waals surface area contributed by atoms with Gasteiger partial charge in [0.2, 0.25) is 0 Å². The Labute approximate surface area is 196 Å². The summed E-state index contributed by atoms with van der Waals surface area (Å²) in [5, 5.41) is 18.3. The lowest BCUT2D eigenvalue weighted by atomic mass is 10.1. The highest BCUT2D eigenvalue weighted by molar-refractivity contribution is 6.01. The lowest BCUT2D eigenvalue weighted by Gasteiger charge is -2.09. The lowest BCUT2D eigenvalue weighted by Crippen LogP contribution is -2.17. The van der Waals surface area contributed by atoms with Gasteiger partial charge in [-0.15, -0.1) is 0 Å². The Hall–Kier alpha value is -4.64. The Morgan fingerprint density at radius 3 is 2.29 bits per heavy atom. The zero-order chi connectivity index (χ0) is 23.3. The van der Waals surface area contributed by atoms with Crippen LogP contribution in [0.25, 0.3) is 21.5 Å². The molecule has 34 heavy (non-hydrogen) atoms. The fourth-order valence-corrected chi connectivity index (χ4v) is 3.87. The predicted octanol–water partition coefficient (Wildman–Crippen LogP) is 6.04. The van der Waals surface area contributed by atoms with Crippen LogP contribution in [0.1, 0.15) is 21.5 Å². The third-order valence-electron chi connectivity index (χ3n) is 5.64. The van der Waals surface area contributed by atoms with Gasteiger partial charge in [-0.1, -0.05) is 66.7 Å². The second-order valence-electron chi connectivity index (χ2n) is 7.91. The maximum absolute atomic E-state index is 12.5. The Morgan fingerprint density at radius 2 is 1.50 bits per heavy atom. The van der Waals surface area contributed by atoms with Crippen molar-refractivity contribution in [3.8, 4) is 11.5 Å². The van der Waals surface area contributed by atoms with Crippen LogP contribution in [0.4, 0.5) is 0 Å². The van der Waals surface area contributed by atoms with E-state index in [4.69, 9.17) is 4.74 Å². The first-order valence-corrected chi connectivity index (χ1v) is 10.9. The summed E-state index contributed by atoms with van der Waals surface area (Å²) in [5.74, 6) is 0.184. The molecule has 5 rings (SSSR count). The van der Waals surface area contributed by atoms with Gasteiger partial charge in [-0.3, -0.25) is 4.79 Å². The summed E-state index contributed by atoms with van der Waals surface area (Å²) in [6.45, 7) is 0.472. The molecule has 5 heteroatoms. The SMILES string of the molecule is O=C(N/N=C\c1ccc(OCc2cccc3ccccc23)cc1)c1cc2ccccc2cc1O. The molecule has 0 saturated carbocycles. The standard InChI is InChI=1S/C29H22N2O3/c32-28-17-23-8-2-1-7-22(23)16-27(28)29(33)31-30-18-20-12-14-25(15-13-20)34-19-24-10-5-9-21-6-3-4-11-26(21)24/h1-18,32H,19H2,(H,31,33)/b30-18-. The van der Waals surface area contributed by atoms with Crippen LogP contribution in [0.15, 0.2) is 108 Å². The molecule has 0 radical (unpaired) electrons. The van der Waals surface area contributed by atoms with Crippen LogP contribution in [0.5, 0.6) is 11.5 Å². The number of phenols is 1. The number of ether oxygens (including phenoxy) is 1. The molecule has 1 amide bonds. The molecule has 0 heterocycles. The largest absolute Gasteiger partial charge is 0.507 e. The lowest BCUT2D eigenvalue weighted by molar-refractivity contribution is 0.0952. The third kappa shape index (κ3) is 4.59. The van der Waals surface area contributed by atoms with Crippen molar-refractivity contribution in [2.75, 3.05) is 0 Å². The van der Waals surface area contributed by atoms with Gasteiger partial charge in [0.15, 0.2) is 0 Å². The van der Waals surface area contributed by atoms with E-state index in [0.29, 0.717) is 6.61 Å². The summed E-state index contributed by atoms with van der Waals surface area (Å²) in [5.41, 5.74) is 4.58. The van der Waals surface area contributed by atoms with E-state index >= 15 is 0 Å². The molecule has 5 aromatic carbocycles. The Bertz CT molecular complexity index is 1500. The van der Waals surface area contributed by atoms with E-state index in [0.717, 1.165) is 27.6 Å². The van der Waals surface area contributed by atoms with Gasteiger partial charge in [-0.2, -0.15) is 5.10 Å². The summed E-state index contributed by atoms with van der Waals surface area (Å²) in [6.07, 6.45) is 1.55. The first kappa shape index (κ1) is 21.2. The monoisotopic (exact) mass is 446 g/mol. The Balaban J connectivity index is 1.21. The van der Waals surface area contributed by atoms with Crippen molar-refractivity contribution in [3.05, 3.63) is 120 Å². The summed E-state index contributed by atoms with van der Waals surface area (Å²) >= 11 is 0. The van der Waals surface area contributed by atoms with Crippen molar-refractivity contribution in [1.29, 1.82) is 0 Å². The average Bonchev–Trinajstić information content (AvgIpc) is 2.87. The molecule has 0 unspecified atom stereocenters. The number of amides is 1. The van der Waals surface area contributed by atoms with Gasteiger partial charge >= 0.3 is 0 Å². The van der Waals surface area contributed by atoms with Crippen LogP contribution >= 0.6 is 0 Å². The Morgan fingerprint density at radius 1 is 0.824 bits per heavy atom. The number of fused-ring (bicyclic) bond motifs is 2. The number of rotatable bonds is 6. The van der Waals surface area contributed by atoms with Gasteiger partial charge in [0, 0.05) is 0 Å². The molecular weight excluding hydrogens is 424 g/mol. The zero-order valence-corrected chi connectivity index (χ0v) is 18.3. The zero-order valence-electron chi connectivity index (χ0n) is 18.3. The first-order chi connectivity index (χ1) is 16.7. The van der Waals surface area contributed by atoms with Crippen LogP contribution in [0.2, 0.25) is 0 Å². The third-order valence-corrected chi connectivity index (χ3v) is 5.64. The van der Waals surface area contributed by atoms with E-state index in [1.165, 1.54) is 10.8 Å². The molecule has 0 bridgehead atoms. The fraction of sp³-hybridized carbons (Fsp3) is 0.0345. The molecule has 0 spiro atoms. The summed E-state index contributed by atoms with van der Waals surface area (Å²) < 4.78 is 5.96. The van der Waals surface area contributed by atoms with Crippen molar-refractivity contribution in [2.24, 2.45) is 5.10 Å². The number of carbonyl (C=O) groups is 1. The molecule has 0 atom stereocenters. The van der Waals surface area contributed by atoms with Crippen molar-refractivity contribution in [1.82, 2.24) is 5.43 Å². The Kier molecular flexibility index (Phi) is 5.91. The van der Waals surface area contributed by atoms with Crippen LogP contribution in [-0.4, -0.2) is 17.2 Å². The minimum atomic E-state index is -0.477. The van der Waals surface area contributed by atoms with Crippen molar-refractivity contribution in [2.45, 2.75) is 6.61 Å². The van der Waals surface area contributed by atoms with E-state index in [1.54, 1.807) is 18.3 Å².